The monoisotopic (exact) mass is 875 g/mol. The van der Waals surface area contributed by atoms with Crippen LogP contribution in [0.4, 0.5) is 31.1 Å². The molecule has 7 atom stereocenters. The van der Waals surface area contributed by atoms with Crippen molar-refractivity contribution in [2.24, 2.45) is 17.8 Å². The molecule has 3 heterocycles. The first-order valence-electron chi connectivity index (χ1n) is 19.4. The quantitative estimate of drug-likeness (QED) is 0.221. The summed E-state index contributed by atoms with van der Waals surface area (Å²) in [4.78, 5) is 61.4. The zero-order valence-electron chi connectivity index (χ0n) is 33.4. The molecule has 2 aliphatic carbocycles. The highest BCUT2D eigenvalue weighted by Gasteiger charge is 2.66. The van der Waals surface area contributed by atoms with E-state index in [1.807, 2.05) is 6.92 Å². The van der Waals surface area contributed by atoms with Crippen molar-refractivity contribution in [2.75, 3.05) is 13.7 Å². The number of fused-ring (bicyclic) bond motifs is 3. The van der Waals surface area contributed by atoms with Crippen LogP contribution in [0.5, 0.6) is 11.6 Å². The third-order valence-corrected chi connectivity index (χ3v) is 14.0. The first kappa shape index (κ1) is 44.7. The third-order valence-electron chi connectivity index (χ3n) is 11.9. The Kier molecular flexibility index (Phi) is 12.1. The molecular formula is C39H47F6N5O9S. The fourth-order valence-electron chi connectivity index (χ4n) is 7.86. The lowest BCUT2D eigenvalue weighted by Gasteiger charge is -2.34. The average molecular weight is 876 g/mol. The van der Waals surface area contributed by atoms with Crippen LogP contribution in [0.3, 0.4) is 0 Å². The van der Waals surface area contributed by atoms with Gasteiger partial charge in [-0.1, -0.05) is 26.0 Å². The number of alkyl carbamates (subject to hydrolysis) is 1. The van der Waals surface area contributed by atoms with Gasteiger partial charge in [0.25, 0.3) is 12.3 Å². The minimum atomic E-state index is -4.98. The Morgan fingerprint density at radius 2 is 1.80 bits per heavy atom. The average Bonchev–Trinajstić information content (AvgIpc) is 4.06. The molecule has 1 aromatic heterocycles. The topological polar surface area (TPSA) is 182 Å². The maximum atomic E-state index is 14.9. The van der Waals surface area contributed by atoms with E-state index in [9.17, 15) is 53.9 Å². The predicted molar refractivity (Wildman–Crippen MR) is 202 cm³/mol. The second-order valence-electron chi connectivity index (χ2n) is 16.7. The number of carbonyl (C=O) groups excluding carboxylic acids is 4. The molecule has 0 radical (unpaired) electrons. The molecule has 2 aliphatic heterocycles. The Hall–Kier alpha value is -4.82. The van der Waals surface area contributed by atoms with E-state index in [2.05, 4.69) is 15.6 Å². The van der Waals surface area contributed by atoms with Gasteiger partial charge in [0.15, 0.2) is 16.3 Å². The van der Waals surface area contributed by atoms with Gasteiger partial charge in [-0.25, -0.2) is 31.4 Å². The highest BCUT2D eigenvalue weighted by Crippen LogP contribution is 2.50. The van der Waals surface area contributed by atoms with Crippen LogP contribution in [0.15, 0.2) is 36.5 Å². The number of sulfonamides is 1. The molecule has 4 amide bonds. The van der Waals surface area contributed by atoms with Gasteiger partial charge in [0.1, 0.15) is 23.7 Å². The van der Waals surface area contributed by atoms with E-state index in [0.29, 0.717) is 32.1 Å². The molecule has 1 aromatic carbocycles. The van der Waals surface area contributed by atoms with Gasteiger partial charge in [-0.05, 0) is 87.8 Å². The maximum Gasteiger partial charge on any atom is 0.427 e. The van der Waals surface area contributed by atoms with Crippen LogP contribution in [-0.4, -0.2) is 102 Å². The number of alkyl halides is 5. The van der Waals surface area contributed by atoms with Gasteiger partial charge in [-0.2, -0.15) is 13.2 Å². The van der Waals surface area contributed by atoms with Crippen LogP contribution >= 0.6 is 0 Å². The molecule has 2 aromatic rings. The lowest BCUT2D eigenvalue weighted by atomic mass is 9.88. The van der Waals surface area contributed by atoms with Crippen molar-refractivity contribution in [3.8, 4) is 11.6 Å². The maximum absolute atomic E-state index is 14.9. The SMILES string of the molecule is COc1cc2ccnc(O[C@@H]3C[C@H]4C(=O)N[C@]5(C(=O)NS(=O)(=O)C6(C(F)F)CC6)C[C@H]5C=CCC[C@@H](C)C[C@@H](C)[C@H](NC(=O)OC(C)(C)C(F)(F)F)C(=O)N4C3)c2cc1F. The highest BCUT2D eigenvalue weighted by molar-refractivity contribution is 7.91. The number of halogens is 6. The van der Waals surface area contributed by atoms with E-state index in [-0.39, 0.29) is 61.6 Å². The fraction of sp³-hybridized carbons (Fsp3) is 0.615. The van der Waals surface area contributed by atoms with E-state index in [1.54, 1.807) is 29.9 Å². The number of nitrogens with one attached hydrogen (secondary N) is 3. The first-order valence-corrected chi connectivity index (χ1v) is 20.9. The molecule has 330 valence electrons. The van der Waals surface area contributed by atoms with E-state index in [1.165, 1.54) is 19.4 Å². The molecule has 21 heteroatoms. The van der Waals surface area contributed by atoms with Gasteiger partial charge in [0.05, 0.1) is 13.7 Å². The van der Waals surface area contributed by atoms with E-state index in [0.717, 1.165) is 11.0 Å². The molecule has 60 heavy (non-hydrogen) atoms. The number of methoxy groups -OCH3 is 1. The Morgan fingerprint density at radius 3 is 2.43 bits per heavy atom. The number of aromatic nitrogens is 1. The van der Waals surface area contributed by atoms with Gasteiger partial charge in [-0.3, -0.25) is 19.1 Å². The smallest absolute Gasteiger partial charge is 0.427 e. The molecule has 3 fully saturated rings. The number of rotatable bonds is 9. The van der Waals surface area contributed by atoms with Crippen LogP contribution in [0, 0.1) is 23.6 Å². The van der Waals surface area contributed by atoms with Crippen LogP contribution in [0.25, 0.3) is 10.8 Å². The molecule has 0 bridgehead atoms. The predicted octanol–water partition coefficient (Wildman–Crippen LogP) is 5.30. The highest BCUT2D eigenvalue weighted by atomic mass is 32.2. The second kappa shape index (κ2) is 16.2. The standard InChI is InChI=1S/C39H47F6N5O9S/c1-20-8-6-7-9-23-18-38(23,34(53)49-60(55,56)37(11-12-37)33(41)42)48-30(51)27-16-24(58-31-25-17-26(40)28(57-5)15-22(25)10-13-46-31)19-50(27)32(52)29(21(2)14-20)47-35(54)59-36(3,4)39(43,44)45/h7,9-10,13,15,17,20-21,23-24,27,29,33H,6,8,11-12,14,16,18-19H2,1-5H3,(H,47,54)(H,48,51)(H,49,53)/t20-,21-,23-,24-,27+,29+,38-/m1/s1. The molecule has 2 saturated carbocycles. The van der Waals surface area contributed by atoms with Crippen LogP contribution in [0.2, 0.25) is 0 Å². The molecule has 14 nitrogen and oxygen atoms in total. The Bertz CT molecular complexity index is 2170. The zero-order valence-corrected chi connectivity index (χ0v) is 34.2. The van der Waals surface area contributed by atoms with Crippen molar-refractivity contribution in [1.29, 1.82) is 0 Å². The van der Waals surface area contributed by atoms with Gasteiger partial charge in [0, 0.05) is 23.9 Å². The van der Waals surface area contributed by atoms with Crippen molar-refractivity contribution in [3.05, 3.63) is 42.4 Å². The number of carbonyl (C=O) groups is 4. The molecule has 6 rings (SSSR count). The minimum absolute atomic E-state index is 0.0617. The van der Waals surface area contributed by atoms with Crippen molar-refractivity contribution in [2.45, 2.75) is 119 Å². The summed E-state index contributed by atoms with van der Waals surface area (Å²) in [7, 11) is -3.63. The Morgan fingerprint density at radius 1 is 1.10 bits per heavy atom. The summed E-state index contributed by atoms with van der Waals surface area (Å²) in [6, 6.07) is 1.02. The third kappa shape index (κ3) is 8.68. The van der Waals surface area contributed by atoms with Gasteiger partial charge in [0.2, 0.25) is 33.3 Å². The van der Waals surface area contributed by atoms with Crippen molar-refractivity contribution in [1.82, 2.24) is 25.2 Å². The van der Waals surface area contributed by atoms with E-state index >= 15 is 0 Å². The summed E-state index contributed by atoms with van der Waals surface area (Å²) in [5.41, 5.74) is -4.89. The lowest BCUT2D eigenvalue weighted by molar-refractivity contribution is -0.244. The second-order valence-corrected chi connectivity index (χ2v) is 18.7. The number of benzene rings is 1. The minimum Gasteiger partial charge on any atom is -0.494 e. The Balaban J connectivity index is 1.36. The molecular weight excluding hydrogens is 829 g/mol. The summed E-state index contributed by atoms with van der Waals surface area (Å²) >= 11 is 0. The number of amides is 4. The summed E-state index contributed by atoms with van der Waals surface area (Å²) in [6.45, 7) is 4.34. The summed E-state index contributed by atoms with van der Waals surface area (Å²) in [6.07, 6.45) is -6.17. The van der Waals surface area contributed by atoms with Gasteiger partial charge in [-0.15, -0.1) is 0 Å². The molecule has 0 unspecified atom stereocenters. The lowest BCUT2D eigenvalue weighted by Crippen LogP contribution is -2.60. The largest absolute Gasteiger partial charge is 0.494 e. The zero-order chi connectivity index (χ0) is 44.2. The van der Waals surface area contributed by atoms with Crippen LogP contribution < -0.4 is 24.8 Å². The fourth-order valence-corrected chi connectivity index (χ4v) is 9.36. The Labute approximate surface area is 342 Å². The summed E-state index contributed by atoms with van der Waals surface area (Å²) in [5, 5.41) is 5.55. The van der Waals surface area contributed by atoms with Gasteiger partial charge >= 0.3 is 12.3 Å². The molecule has 3 N–H and O–H groups in total. The number of ether oxygens (including phenoxy) is 3. The van der Waals surface area contributed by atoms with Crippen molar-refractivity contribution < 1.29 is 68.1 Å². The van der Waals surface area contributed by atoms with Gasteiger partial charge < -0.3 is 29.7 Å². The summed E-state index contributed by atoms with van der Waals surface area (Å²) < 4.78 is 125. The van der Waals surface area contributed by atoms with Crippen molar-refractivity contribution in [3.63, 3.8) is 0 Å². The van der Waals surface area contributed by atoms with E-state index < -0.39 is 98.2 Å². The number of nitrogens with zero attached hydrogens (tertiary/aromatic N) is 2. The van der Waals surface area contributed by atoms with Crippen LogP contribution in [-0.2, 0) is 29.1 Å². The van der Waals surface area contributed by atoms with Crippen molar-refractivity contribution >= 4 is 44.6 Å². The molecule has 4 aliphatic rings. The molecule has 0 spiro atoms. The first-order chi connectivity index (χ1) is 27.9. The number of hydrogen-bond acceptors (Lipinski definition) is 10. The normalized spacial score (nSPS) is 28.4. The number of allylic oxidation sites excluding steroid dienone is 1. The van der Waals surface area contributed by atoms with Crippen LogP contribution in [0.1, 0.15) is 72.6 Å². The molecule has 1 saturated heterocycles. The van der Waals surface area contributed by atoms with E-state index in [4.69, 9.17) is 14.2 Å². The summed E-state index contributed by atoms with van der Waals surface area (Å²) in [5.74, 6) is -5.71. The number of hydrogen-bond donors (Lipinski definition) is 3. The number of pyridine rings is 1.